The number of hydrogen-bond acceptors (Lipinski definition) is 5. The molecule has 4 heterocycles. The summed E-state index contributed by atoms with van der Waals surface area (Å²) in [5, 5.41) is 14.8. The third-order valence-electron chi connectivity index (χ3n) is 4.33. The Morgan fingerprint density at radius 2 is 2.33 bits per heavy atom. The Morgan fingerprint density at radius 3 is 3.08 bits per heavy atom. The van der Waals surface area contributed by atoms with Gasteiger partial charge in [-0.25, -0.2) is 4.98 Å². The van der Waals surface area contributed by atoms with Crippen molar-refractivity contribution in [3.63, 3.8) is 0 Å². The van der Waals surface area contributed by atoms with E-state index in [9.17, 15) is 10.1 Å². The molecule has 3 aromatic heterocycles. The third-order valence-corrected chi connectivity index (χ3v) is 4.53. The number of halogens is 1. The first-order chi connectivity index (χ1) is 11.7. The largest absolute Gasteiger partial charge is 0.368 e. The number of anilines is 1. The molecule has 8 heteroatoms. The van der Waals surface area contributed by atoms with Crippen LogP contribution in [0.5, 0.6) is 0 Å². The van der Waals surface area contributed by atoms with Crippen LogP contribution in [0.25, 0.3) is 10.9 Å². The fourth-order valence-electron chi connectivity index (χ4n) is 3.24. The summed E-state index contributed by atoms with van der Waals surface area (Å²) in [6.07, 6.45) is 6.08. The van der Waals surface area contributed by atoms with E-state index in [0.29, 0.717) is 22.9 Å². The van der Waals surface area contributed by atoms with E-state index < -0.39 is 5.56 Å². The number of H-pyrrole nitrogens is 1. The van der Waals surface area contributed by atoms with E-state index in [1.165, 1.54) is 6.20 Å². The van der Waals surface area contributed by atoms with Gasteiger partial charge in [0.25, 0.3) is 5.56 Å². The number of aromatic amines is 1. The molecule has 1 aliphatic heterocycles. The molecule has 0 bridgehead atoms. The van der Waals surface area contributed by atoms with Crippen molar-refractivity contribution >= 4 is 28.2 Å². The molecule has 0 aliphatic carbocycles. The van der Waals surface area contributed by atoms with Crippen LogP contribution in [0.1, 0.15) is 18.0 Å². The van der Waals surface area contributed by atoms with Crippen LogP contribution in [0.15, 0.2) is 35.5 Å². The van der Waals surface area contributed by atoms with Crippen molar-refractivity contribution in [3.8, 4) is 6.07 Å². The molecule has 1 N–H and O–H groups in total. The lowest BCUT2D eigenvalue weighted by atomic mass is 10.1. The van der Waals surface area contributed by atoms with E-state index >= 15 is 0 Å². The van der Waals surface area contributed by atoms with Gasteiger partial charge in [0.05, 0.1) is 23.4 Å². The number of pyridine rings is 2. The summed E-state index contributed by atoms with van der Waals surface area (Å²) in [5.74, 6) is 0. The maximum absolute atomic E-state index is 12.3. The molecule has 7 nitrogen and oxygen atoms in total. The van der Waals surface area contributed by atoms with E-state index in [1.807, 2.05) is 23.0 Å². The van der Waals surface area contributed by atoms with E-state index in [-0.39, 0.29) is 11.6 Å². The van der Waals surface area contributed by atoms with Crippen LogP contribution in [-0.2, 0) is 0 Å². The highest BCUT2D eigenvalue weighted by Crippen LogP contribution is 2.33. The molecule has 0 saturated carbocycles. The van der Waals surface area contributed by atoms with Gasteiger partial charge in [-0.2, -0.15) is 10.4 Å². The minimum absolute atomic E-state index is 0.103. The zero-order chi connectivity index (χ0) is 16.7. The second-order valence-corrected chi connectivity index (χ2v) is 6.10. The molecule has 1 aliphatic rings. The average molecular weight is 341 g/mol. The highest BCUT2D eigenvalue weighted by molar-refractivity contribution is 6.30. The van der Waals surface area contributed by atoms with Crippen LogP contribution >= 0.6 is 11.6 Å². The lowest BCUT2D eigenvalue weighted by Gasteiger charge is -2.21. The second kappa shape index (κ2) is 5.65. The minimum atomic E-state index is -0.410. The van der Waals surface area contributed by atoms with Gasteiger partial charge in [-0.05, 0) is 18.6 Å². The van der Waals surface area contributed by atoms with Crippen LogP contribution in [0.4, 0.5) is 5.69 Å². The van der Waals surface area contributed by atoms with E-state index in [0.717, 1.165) is 18.4 Å². The Morgan fingerprint density at radius 1 is 1.46 bits per heavy atom. The number of aromatic nitrogens is 4. The highest BCUT2D eigenvalue weighted by atomic mass is 35.5. The molecule has 0 amide bonds. The predicted octanol–water partition coefficient (Wildman–Crippen LogP) is 2.10. The highest BCUT2D eigenvalue weighted by Gasteiger charge is 2.28. The van der Waals surface area contributed by atoms with E-state index in [1.54, 1.807) is 12.3 Å². The molecule has 0 aromatic carbocycles. The van der Waals surface area contributed by atoms with Gasteiger partial charge in [-0.1, -0.05) is 11.6 Å². The first kappa shape index (κ1) is 14.7. The third kappa shape index (κ3) is 2.32. The summed E-state index contributed by atoms with van der Waals surface area (Å²) in [6.45, 7) is 1.41. The van der Waals surface area contributed by atoms with Crippen molar-refractivity contribution < 1.29 is 0 Å². The van der Waals surface area contributed by atoms with Gasteiger partial charge in [-0.3, -0.25) is 9.48 Å². The Labute approximate surface area is 142 Å². The quantitative estimate of drug-likeness (QED) is 0.721. The molecular weight excluding hydrogens is 328 g/mol. The molecule has 1 saturated heterocycles. The topological polar surface area (TPSA) is 90.6 Å². The summed E-state index contributed by atoms with van der Waals surface area (Å²) < 4.78 is 1.91. The summed E-state index contributed by atoms with van der Waals surface area (Å²) in [7, 11) is 0. The number of rotatable bonds is 2. The normalized spacial score (nSPS) is 17.3. The zero-order valence-electron chi connectivity index (χ0n) is 12.6. The van der Waals surface area contributed by atoms with Crippen LogP contribution < -0.4 is 10.5 Å². The van der Waals surface area contributed by atoms with Crippen LogP contribution in [0, 0.1) is 11.3 Å². The Hall–Kier alpha value is -2.85. The standard InChI is InChI=1S/C16H13ClN6O/c17-14-6-11-13(8-19-14)21-16(24)12(7-18)15(11)22-5-2-10(9-22)23-4-1-3-20-23/h1,3-4,6,8,10H,2,5,9H2,(H,21,24). The Balaban J connectivity index is 1.85. The fraction of sp³-hybridized carbons (Fsp3) is 0.250. The molecule has 24 heavy (non-hydrogen) atoms. The monoisotopic (exact) mass is 340 g/mol. The fourth-order valence-corrected chi connectivity index (χ4v) is 3.40. The molecular formula is C16H13ClN6O. The van der Waals surface area contributed by atoms with Gasteiger partial charge < -0.3 is 9.88 Å². The minimum Gasteiger partial charge on any atom is -0.368 e. The maximum atomic E-state index is 12.3. The molecule has 3 aromatic rings. The summed E-state index contributed by atoms with van der Waals surface area (Å²) in [4.78, 5) is 21.0. The Kier molecular flexibility index (Phi) is 3.47. The molecule has 0 spiro atoms. The predicted molar refractivity (Wildman–Crippen MR) is 90.2 cm³/mol. The van der Waals surface area contributed by atoms with Gasteiger partial charge in [-0.15, -0.1) is 0 Å². The lowest BCUT2D eigenvalue weighted by molar-refractivity contribution is 0.495. The van der Waals surface area contributed by atoms with Crippen LogP contribution in [0.3, 0.4) is 0 Å². The van der Waals surface area contributed by atoms with Gasteiger partial charge in [0.1, 0.15) is 16.8 Å². The number of fused-ring (bicyclic) bond motifs is 1. The number of nitriles is 1. The smallest absolute Gasteiger partial charge is 0.268 e. The first-order valence-corrected chi connectivity index (χ1v) is 7.91. The molecule has 1 unspecified atom stereocenters. The molecule has 1 atom stereocenters. The van der Waals surface area contributed by atoms with Crippen LogP contribution in [-0.4, -0.2) is 32.8 Å². The van der Waals surface area contributed by atoms with Crippen molar-refractivity contribution in [2.24, 2.45) is 0 Å². The number of hydrogen-bond donors (Lipinski definition) is 1. The van der Waals surface area contributed by atoms with Crippen molar-refractivity contribution in [2.75, 3.05) is 18.0 Å². The van der Waals surface area contributed by atoms with Crippen molar-refractivity contribution in [3.05, 3.63) is 51.8 Å². The van der Waals surface area contributed by atoms with E-state index in [2.05, 4.69) is 20.0 Å². The van der Waals surface area contributed by atoms with Gasteiger partial charge in [0, 0.05) is 30.9 Å². The van der Waals surface area contributed by atoms with Gasteiger partial charge in [0.15, 0.2) is 0 Å². The van der Waals surface area contributed by atoms with Crippen molar-refractivity contribution in [1.29, 1.82) is 5.26 Å². The molecule has 4 rings (SSSR count). The first-order valence-electron chi connectivity index (χ1n) is 7.53. The van der Waals surface area contributed by atoms with E-state index in [4.69, 9.17) is 11.6 Å². The maximum Gasteiger partial charge on any atom is 0.268 e. The summed E-state index contributed by atoms with van der Waals surface area (Å²) >= 11 is 6.02. The van der Waals surface area contributed by atoms with Gasteiger partial charge >= 0.3 is 0 Å². The summed E-state index contributed by atoms with van der Waals surface area (Å²) in [6, 6.07) is 5.81. The van der Waals surface area contributed by atoms with Gasteiger partial charge in [0.2, 0.25) is 0 Å². The van der Waals surface area contributed by atoms with Crippen molar-refractivity contribution in [2.45, 2.75) is 12.5 Å². The average Bonchev–Trinajstić information content (AvgIpc) is 3.25. The molecule has 1 fully saturated rings. The van der Waals surface area contributed by atoms with Crippen LogP contribution in [0.2, 0.25) is 5.15 Å². The zero-order valence-corrected chi connectivity index (χ0v) is 13.4. The Bertz CT molecular complexity index is 1000. The SMILES string of the molecule is N#Cc1c(N2CCC(n3cccn3)C2)c2cc(Cl)ncc2[nH]c1=O. The molecule has 120 valence electrons. The molecule has 0 radical (unpaired) electrons. The van der Waals surface area contributed by atoms with Crippen molar-refractivity contribution in [1.82, 2.24) is 19.7 Å². The number of nitrogens with zero attached hydrogens (tertiary/aromatic N) is 5. The number of nitrogens with one attached hydrogen (secondary N) is 1. The second-order valence-electron chi connectivity index (χ2n) is 5.72. The summed E-state index contributed by atoms with van der Waals surface area (Å²) in [5.41, 5.74) is 0.883. The lowest BCUT2D eigenvalue weighted by Crippen LogP contribution is -2.25.